The maximum absolute atomic E-state index is 12.0. The Balaban J connectivity index is 1.38. The fourth-order valence-corrected chi connectivity index (χ4v) is 4.16. The number of carbonyl (C=O) groups is 1. The summed E-state index contributed by atoms with van der Waals surface area (Å²) in [5.74, 6) is 1.41. The van der Waals surface area contributed by atoms with Crippen LogP contribution in [0, 0.1) is 0 Å². The van der Waals surface area contributed by atoms with Gasteiger partial charge in [0.25, 0.3) is 0 Å². The lowest BCUT2D eigenvalue weighted by atomic mass is 10.1. The maximum Gasteiger partial charge on any atom is 0.410 e. The Labute approximate surface area is 179 Å². The average Bonchev–Trinajstić information content (AvgIpc) is 3.11. The standard InChI is InChI=1S/C21H25BrN4O3/c1-14(2)28-21(27)25-8-6-17(7-9-25)29-20-12-19(23-13-24-20)26-10-5-15-11-16(22)3-4-18(15)26/h3-4,11-14,17H,5-10H2,1-2H3. The van der Waals surface area contributed by atoms with Gasteiger partial charge in [0.1, 0.15) is 18.2 Å². The van der Waals surface area contributed by atoms with Crippen molar-refractivity contribution in [2.75, 3.05) is 24.5 Å². The van der Waals surface area contributed by atoms with E-state index in [2.05, 4.69) is 42.9 Å². The van der Waals surface area contributed by atoms with Crippen molar-refractivity contribution >= 4 is 33.5 Å². The van der Waals surface area contributed by atoms with Gasteiger partial charge in [-0.1, -0.05) is 15.9 Å². The molecule has 2 aliphatic rings. The van der Waals surface area contributed by atoms with E-state index in [1.807, 2.05) is 26.0 Å². The van der Waals surface area contributed by atoms with E-state index in [4.69, 9.17) is 9.47 Å². The zero-order chi connectivity index (χ0) is 20.4. The van der Waals surface area contributed by atoms with E-state index >= 15 is 0 Å². The molecule has 7 nitrogen and oxygen atoms in total. The molecule has 1 saturated heterocycles. The number of hydrogen-bond donors (Lipinski definition) is 0. The Bertz CT molecular complexity index is 884. The smallest absolute Gasteiger partial charge is 0.410 e. The summed E-state index contributed by atoms with van der Waals surface area (Å²) in [5, 5.41) is 0. The van der Waals surface area contributed by atoms with Crippen molar-refractivity contribution in [1.29, 1.82) is 0 Å². The first-order valence-electron chi connectivity index (χ1n) is 10.00. The zero-order valence-corrected chi connectivity index (χ0v) is 18.3. The number of hydrogen-bond acceptors (Lipinski definition) is 6. The molecule has 1 aromatic carbocycles. The minimum atomic E-state index is -0.248. The Morgan fingerprint density at radius 2 is 1.97 bits per heavy atom. The lowest BCUT2D eigenvalue weighted by Gasteiger charge is -2.31. The predicted octanol–water partition coefficient (Wildman–Crippen LogP) is 4.32. The highest BCUT2D eigenvalue weighted by atomic mass is 79.9. The van der Waals surface area contributed by atoms with E-state index < -0.39 is 0 Å². The quantitative estimate of drug-likeness (QED) is 0.676. The van der Waals surface area contributed by atoms with E-state index in [0.29, 0.717) is 19.0 Å². The van der Waals surface area contributed by atoms with Crippen LogP contribution in [0.1, 0.15) is 32.3 Å². The molecule has 0 radical (unpaired) electrons. The van der Waals surface area contributed by atoms with Gasteiger partial charge in [0.2, 0.25) is 5.88 Å². The number of nitrogens with zero attached hydrogens (tertiary/aromatic N) is 4. The number of halogens is 1. The summed E-state index contributed by atoms with van der Waals surface area (Å²) in [7, 11) is 0. The number of piperidine rings is 1. The number of amides is 1. The van der Waals surface area contributed by atoms with E-state index in [1.165, 1.54) is 11.3 Å². The topological polar surface area (TPSA) is 67.8 Å². The highest BCUT2D eigenvalue weighted by Gasteiger charge is 2.26. The van der Waals surface area contributed by atoms with Crippen LogP contribution in [0.2, 0.25) is 0 Å². The van der Waals surface area contributed by atoms with Crippen molar-refractivity contribution in [3.8, 4) is 5.88 Å². The number of fused-ring (bicyclic) bond motifs is 1. The molecule has 0 unspecified atom stereocenters. The van der Waals surface area contributed by atoms with Gasteiger partial charge in [-0.25, -0.2) is 14.8 Å². The van der Waals surface area contributed by atoms with Crippen molar-refractivity contribution in [3.63, 3.8) is 0 Å². The van der Waals surface area contributed by atoms with Gasteiger partial charge < -0.3 is 19.3 Å². The van der Waals surface area contributed by atoms with Crippen molar-refractivity contribution < 1.29 is 14.3 Å². The molecular formula is C21H25BrN4O3. The van der Waals surface area contributed by atoms with Gasteiger partial charge in [-0.2, -0.15) is 0 Å². The van der Waals surface area contributed by atoms with Gasteiger partial charge in [-0.05, 0) is 44.0 Å². The molecule has 0 bridgehead atoms. The molecule has 0 atom stereocenters. The number of benzene rings is 1. The van der Waals surface area contributed by atoms with Crippen LogP contribution in [-0.2, 0) is 11.2 Å². The summed E-state index contributed by atoms with van der Waals surface area (Å²) in [5.41, 5.74) is 2.48. The average molecular weight is 461 g/mol. The summed E-state index contributed by atoms with van der Waals surface area (Å²) in [6.45, 7) is 5.86. The lowest BCUT2D eigenvalue weighted by molar-refractivity contribution is 0.0507. The molecule has 1 fully saturated rings. The summed E-state index contributed by atoms with van der Waals surface area (Å²) in [6.07, 6.45) is 3.73. The lowest BCUT2D eigenvalue weighted by Crippen LogP contribution is -2.42. The minimum absolute atomic E-state index is 0.0302. The van der Waals surface area contributed by atoms with Crippen molar-refractivity contribution in [2.45, 2.75) is 45.3 Å². The fourth-order valence-electron chi connectivity index (χ4n) is 3.75. The largest absolute Gasteiger partial charge is 0.474 e. The molecule has 0 aliphatic carbocycles. The van der Waals surface area contributed by atoms with Gasteiger partial charge in [-0.3, -0.25) is 0 Å². The molecule has 4 rings (SSSR count). The monoisotopic (exact) mass is 460 g/mol. The van der Waals surface area contributed by atoms with E-state index in [0.717, 1.165) is 36.1 Å². The summed E-state index contributed by atoms with van der Waals surface area (Å²) in [6, 6.07) is 8.22. The van der Waals surface area contributed by atoms with E-state index in [9.17, 15) is 4.79 Å². The molecule has 29 heavy (non-hydrogen) atoms. The number of likely N-dealkylation sites (tertiary alicyclic amines) is 1. The number of aromatic nitrogens is 2. The first kappa shape index (κ1) is 19.9. The van der Waals surface area contributed by atoms with Crippen LogP contribution in [0.25, 0.3) is 0 Å². The molecule has 1 amide bonds. The molecule has 3 heterocycles. The minimum Gasteiger partial charge on any atom is -0.474 e. The second kappa shape index (κ2) is 8.57. The number of ether oxygens (including phenoxy) is 2. The van der Waals surface area contributed by atoms with E-state index in [1.54, 1.807) is 11.2 Å². The Morgan fingerprint density at radius 3 is 2.72 bits per heavy atom. The van der Waals surface area contributed by atoms with Gasteiger partial charge >= 0.3 is 6.09 Å². The van der Waals surface area contributed by atoms with Crippen molar-refractivity contribution in [2.24, 2.45) is 0 Å². The number of rotatable bonds is 4. The highest BCUT2D eigenvalue weighted by molar-refractivity contribution is 9.10. The molecule has 2 aliphatic heterocycles. The zero-order valence-electron chi connectivity index (χ0n) is 16.7. The third-order valence-corrected chi connectivity index (χ3v) is 5.66. The molecule has 0 N–H and O–H groups in total. The van der Waals surface area contributed by atoms with Crippen molar-refractivity contribution in [3.05, 3.63) is 40.6 Å². The van der Waals surface area contributed by atoms with Gasteiger partial charge in [0, 0.05) is 48.7 Å². The van der Waals surface area contributed by atoms with Crippen LogP contribution in [0.4, 0.5) is 16.3 Å². The SMILES string of the molecule is CC(C)OC(=O)N1CCC(Oc2cc(N3CCc4cc(Br)ccc43)ncn2)CC1. The number of anilines is 2. The molecule has 154 valence electrons. The molecular weight excluding hydrogens is 436 g/mol. The fraction of sp³-hybridized carbons (Fsp3) is 0.476. The van der Waals surface area contributed by atoms with Crippen LogP contribution < -0.4 is 9.64 Å². The van der Waals surface area contributed by atoms with Gasteiger partial charge in [0.05, 0.1) is 6.10 Å². The highest BCUT2D eigenvalue weighted by Crippen LogP contribution is 2.35. The molecule has 8 heteroatoms. The molecule has 0 saturated carbocycles. The third-order valence-electron chi connectivity index (χ3n) is 5.17. The molecule has 1 aromatic heterocycles. The third kappa shape index (κ3) is 4.63. The predicted molar refractivity (Wildman–Crippen MR) is 114 cm³/mol. The van der Waals surface area contributed by atoms with Gasteiger partial charge in [-0.15, -0.1) is 0 Å². The Morgan fingerprint density at radius 1 is 1.17 bits per heavy atom. The van der Waals surface area contributed by atoms with Crippen LogP contribution in [-0.4, -0.2) is 52.8 Å². The normalized spacial score (nSPS) is 16.8. The second-order valence-electron chi connectivity index (χ2n) is 7.63. The van der Waals surface area contributed by atoms with Crippen LogP contribution in [0.3, 0.4) is 0 Å². The van der Waals surface area contributed by atoms with Crippen LogP contribution in [0.5, 0.6) is 5.88 Å². The van der Waals surface area contributed by atoms with Gasteiger partial charge in [0.15, 0.2) is 0 Å². The Kier molecular flexibility index (Phi) is 5.89. The second-order valence-corrected chi connectivity index (χ2v) is 8.54. The maximum atomic E-state index is 12.0. The van der Waals surface area contributed by atoms with Crippen LogP contribution >= 0.6 is 15.9 Å². The summed E-state index contributed by atoms with van der Waals surface area (Å²) < 4.78 is 12.5. The van der Waals surface area contributed by atoms with Crippen molar-refractivity contribution in [1.82, 2.24) is 14.9 Å². The first-order chi connectivity index (χ1) is 14.0. The van der Waals surface area contributed by atoms with E-state index in [-0.39, 0.29) is 18.3 Å². The first-order valence-corrected chi connectivity index (χ1v) is 10.8. The van der Waals surface area contributed by atoms with Crippen LogP contribution in [0.15, 0.2) is 35.1 Å². The number of carbonyl (C=O) groups excluding carboxylic acids is 1. The molecule has 0 spiro atoms. The Hall–Kier alpha value is -2.35. The summed E-state index contributed by atoms with van der Waals surface area (Å²) >= 11 is 3.54. The molecule has 2 aromatic rings. The summed E-state index contributed by atoms with van der Waals surface area (Å²) in [4.78, 5) is 24.7.